The van der Waals surface area contributed by atoms with Gasteiger partial charge in [0.05, 0.1) is 0 Å². The first kappa shape index (κ1) is 9.81. The Labute approximate surface area is 97.9 Å². The maximum absolute atomic E-state index is 5.86. The highest BCUT2D eigenvalue weighted by Crippen LogP contribution is 2.37. The average Bonchev–Trinajstić information content (AvgIpc) is 2.95. The third-order valence-electron chi connectivity index (χ3n) is 2.70. The van der Waals surface area contributed by atoms with E-state index in [9.17, 15) is 0 Å². The maximum atomic E-state index is 5.86. The zero-order chi connectivity index (χ0) is 11.0. The van der Waals surface area contributed by atoms with Crippen LogP contribution in [0, 0.1) is 0 Å². The van der Waals surface area contributed by atoms with Gasteiger partial charge in [0.1, 0.15) is 10.8 Å². The van der Waals surface area contributed by atoms with Crippen molar-refractivity contribution < 1.29 is 4.74 Å². The lowest BCUT2D eigenvalue weighted by Crippen LogP contribution is -2.01. The highest BCUT2D eigenvalue weighted by atomic mass is 32.1. The molecule has 3 rings (SSSR count). The molecule has 1 aliphatic heterocycles. The molecule has 0 bridgehead atoms. The third-order valence-corrected chi connectivity index (χ3v) is 3.81. The minimum atomic E-state index is 0.0719. The number of para-hydroxylation sites is 1. The van der Waals surface area contributed by atoms with Gasteiger partial charge in [-0.2, -0.15) is 0 Å². The van der Waals surface area contributed by atoms with Crippen LogP contribution in [0.4, 0.5) is 0 Å². The molecular formula is C12H12N2OS. The summed E-state index contributed by atoms with van der Waals surface area (Å²) in [5.74, 6) is 0.983. The van der Waals surface area contributed by atoms with E-state index in [1.807, 2.05) is 24.4 Å². The van der Waals surface area contributed by atoms with Crippen molar-refractivity contribution in [2.75, 3.05) is 0 Å². The Balaban J connectivity index is 1.85. The molecule has 2 heterocycles. The lowest BCUT2D eigenvalue weighted by atomic mass is 10.1. The van der Waals surface area contributed by atoms with Gasteiger partial charge < -0.3 is 10.5 Å². The highest BCUT2D eigenvalue weighted by molar-refractivity contribution is 7.11. The molecule has 0 fully saturated rings. The van der Waals surface area contributed by atoms with Gasteiger partial charge in [0.2, 0.25) is 0 Å². The van der Waals surface area contributed by atoms with Gasteiger partial charge >= 0.3 is 0 Å². The number of nitrogens with two attached hydrogens (primary N) is 1. The Morgan fingerprint density at radius 2 is 2.31 bits per heavy atom. The van der Waals surface area contributed by atoms with Crippen LogP contribution in [0.25, 0.3) is 0 Å². The smallest absolute Gasteiger partial charge is 0.154 e. The van der Waals surface area contributed by atoms with E-state index in [1.165, 1.54) is 5.56 Å². The second kappa shape index (κ2) is 3.88. The Hall–Kier alpha value is -1.39. The Bertz CT molecular complexity index is 484. The predicted octanol–water partition coefficient (Wildman–Crippen LogP) is 2.28. The van der Waals surface area contributed by atoms with Crippen molar-refractivity contribution in [1.82, 2.24) is 4.98 Å². The number of rotatable bonds is 2. The van der Waals surface area contributed by atoms with Crippen molar-refractivity contribution in [3.63, 3.8) is 0 Å². The normalized spacial score (nSPS) is 18.2. The van der Waals surface area contributed by atoms with E-state index in [2.05, 4.69) is 11.1 Å². The van der Waals surface area contributed by atoms with Crippen LogP contribution in [0.3, 0.4) is 0 Å². The van der Waals surface area contributed by atoms with Gasteiger partial charge in [-0.15, -0.1) is 11.3 Å². The standard InChI is InChI=1S/C12H12N2OS/c13-6-9-7-14-12(16-9)11-5-8-3-1-2-4-10(8)15-11/h1-4,7,11H,5-6,13H2. The Morgan fingerprint density at radius 1 is 1.44 bits per heavy atom. The molecule has 1 aromatic carbocycles. The number of hydrogen-bond donors (Lipinski definition) is 1. The fraction of sp³-hybridized carbons (Fsp3) is 0.250. The Morgan fingerprint density at radius 3 is 3.06 bits per heavy atom. The van der Waals surface area contributed by atoms with Crippen molar-refractivity contribution in [3.05, 3.63) is 45.9 Å². The number of fused-ring (bicyclic) bond motifs is 1. The second-order valence-electron chi connectivity index (χ2n) is 3.79. The van der Waals surface area contributed by atoms with Crippen LogP contribution >= 0.6 is 11.3 Å². The van der Waals surface area contributed by atoms with Gasteiger partial charge in [-0.3, -0.25) is 0 Å². The van der Waals surface area contributed by atoms with E-state index < -0.39 is 0 Å². The van der Waals surface area contributed by atoms with Gasteiger partial charge in [0.25, 0.3) is 0 Å². The predicted molar refractivity (Wildman–Crippen MR) is 63.5 cm³/mol. The molecule has 1 atom stereocenters. The summed E-state index contributed by atoms with van der Waals surface area (Å²) in [5, 5.41) is 1.02. The fourth-order valence-electron chi connectivity index (χ4n) is 1.89. The van der Waals surface area contributed by atoms with Crippen molar-refractivity contribution in [2.24, 2.45) is 5.73 Å². The summed E-state index contributed by atoms with van der Waals surface area (Å²) in [7, 11) is 0. The van der Waals surface area contributed by atoms with Crippen LogP contribution in [-0.4, -0.2) is 4.98 Å². The molecule has 0 saturated carbocycles. The second-order valence-corrected chi connectivity index (χ2v) is 4.93. The summed E-state index contributed by atoms with van der Waals surface area (Å²) in [6, 6.07) is 8.14. The fourth-order valence-corrected chi connectivity index (χ4v) is 2.71. The summed E-state index contributed by atoms with van der Waals surface area (Å²) in [5.41, 5.74) is 6.84. The van der Waals surface area contributed by atoms with Crippen molar-refractivity contribution >= 4 is 11.3 Å². The van der Waals surface area contributed by atoms with Crippen LogP contribution in [0.1, 0.15) is 21.6 Å². The molecule has 2 aromatic rings. The Kier molecular flexibility index (Phi) is 2.38. The van der Waals surface area contributed by atoms with Crippen molar-refractivity contribution in [2.45, 2.75) is 19.1 Å². The third kappa shape index (κ3) is 1.60. The molecule has 16 heavy (non-hydrogen) atoms. The molecule has 0 amide bonds. The van der Waals surface area contributed by atoms with E-state index in [-0.39, 0.29) is 6.10 Å². The molecule has 2 N–H and O–H groups in total. The van der Waals surface area contributed by atoms with Crippen LogP contribution in [0.2, 0.25) is 0 Å². The summed E-state index contributed by atoms with van der Waals surface area (Å²) < 4.78 is 5.86. The largest absolute Gasteiger partial charge is 0.483 e. The quantitative estimate of drug-likeness (QED) is 0.864. The van der Waals surface area contributed by atoms with E-state index in [1.54, 1.807) is 11.3 Å². The number of benzene rings is 1. The van der Waals surface area contributed by atoms with Crippen molar-refractivity contribution in [1.29, 1.82) is 0 Å². The molecule has 0 aliphatic carbocycles. The maximum Gasteiger partial charge on any atom is 0.154 e. The van der Waals surface area contributed by atoms with Gasteiger partial charge in [0.15, 0.2) is 6.10 Å². The zero-order valence-corrected chi connectivity index (χ0v) is 9.54. The van der Waals surface area contributed by atoms with E-state index in [4.69, 9.17) is 10.5 Å². The molecule has 3 nitrogen and oxygen atoms in total. The molecule has 1 aliphatic rings. The summed E-state index contributed by atoms with van der Waals surface area (Å²) >= 11 is 1.64. The van der Waals surface area contributed by atoms with Gasteiger partial charge in [0, 0.05) is 24.0 Å². The number of aromatic nitrogens is 1. The summed E-state index contributed by atoms with van der Waals surface area (Å²) in [6.45, 7) is 0.553. The molecule has 4 heteroatoms. The van der Waals surface area contributed by atoms with Crippen LogP contribution in [0.5, 0.6) is 5.75 Å². The first-order valence-electron chi connectivity index (χ1n) is 5.26. The highest BCUT2D eigenvalue weighted by Gasteiger charge is 2.26. The lowest BCUT2D eigenvalue weighted by molar-refractivity contribution is 0.238. The van der Waals surface area contributed by atoms with Gasteiger partial charge in [-0.1, -0.05) is 18.2 Å². The number of ether oxygens (including phenoxy) is 1. The molecule has 0 spiro atoms. The van der Waals surface area contributed by atoms with Crippen LogP contribution in [0.15, 0.2) is 30.5 Å². The first-order chi connectivity index (χ1) is 7.86. The molecule has 0 radical (unpaired) electrons. The van der Waals surface area contributed by atoms with Gasteiger partial charge in [-0.05, 0) is 11.6 Å². The average molecular weight is 232 g/mol. The topological polar surface area (TPSA) is 48.1 Å². The summed E-state index contributed by atoms with van der Waals surface area (Å²) in [4.78, 5) is 5.47. The molecule has 82 valence electrons. The molecule has 1 aromatic heterocycles. The lowest BCUT2D eigenvalue weighted by Gasteiger charge is -2.06. The van der Waals surface area contributed by atoms with Crippen LogP contribution < -0.4 is 10.5 Å². The number of hydrogen-bond acceptors (Lipinski definition) is 4. The molecular weight excluding hydrogens is 220 g/mol. The van der Waals surface area contributed by atoms with E-state index in [0.29, 0.717) is 6.54 Å². The zero-order valence-electron chi connectivity index (χ0n) is 8.72. The minimum Gasteiger partial charge on any atom is -0.483 e. The van der Waals surface area contributed by atoms with Crippen molar-refractivity contribution in [3.8, 4) is 5.75 Å². The minimum absolute atomic E-state index is 0.0719. The SMILES string of the molecule is NCc1cnc(C2Cc3ccccc3O2)s1. The van der Waals surface area contributed by atoms with Crippen LogP contribution in [-0.2, 0) is 13.0 Å². The van der Waals surface area contributed by atoms with E-state index >= 15 is 0 Å². The molecule has 1 unspecified atom stereocenters. The monoisotopic (exact) mass is 232 g/mol. The first-order valence-corrected chi connectivity index (χ1v) is 6.07. The van der Waals surface area contributed by atoms with E-state index in [0.717, 1.165) is 22.1 Å². The number of nitrogens with zero attached hydrogens (tertiary/aromatic N) is 1. The summed E-state index contributed by atoms with van der Waals surface area (Å²) in [6.07, 6.45) is 2.82. The molecule has 0 saturated heterocycles. The number of thiazole rings is 1. The van der Waals surface area contributed by atoms with Gasteiger partial charge in [-0.25, -0.2) is 4.98 Å².